The average Bonchev–Trinajstić information content (AvgIpc) is 0.918. The van der Waals surface area contributed by atoms with Crippen molar-refractivity contribution in [1.82, 2.24) is 0 Å². The van der Waals surface area contributed by atoms with Crippen LogP contribution in [0.2, 0.25) is 0 Å². The molecule has 6 heavy (non-hydrogen) atoms. The molecule has 0 spiro atoms. The maximum Gasteiger partial charge on any atom is 1.00 e. The van der Waals surface area contributed by atoms with Crippen LogP contribution in [0, 0.1) is 0 Å². The number of hydrogen-bond acceptors (Lipinski definition) is 4. The van der Waals surface area contributed by atoms with Gasteiger partial charge in [0, 0.05) is 0 Å². The summed E-state index contributed by atoms with van der Waals surface area (Å²) in [6.45, 7) is 0. The summed E-state index contributed by atoms with van der Waals surface area (Å²) >= 11 is 0.908. The molecule has 2 radical (unpaired) electrons. The number of rotatable bonds is 0. The van der Waals surface area contributed by atoms with Crippen molar-refractivity contribution in [2.24, 2.45) is 0 Å². The van der Waals surface area contributed by atoms with E-state index in [1.165, 1.54) is 0 Å². The fourth-order valence-electron chi connectivity index (χ4n) is 0. The van der Waals surface area contributed by atoms with Crippen LogP contribution in [0.15, 0.2) is 0 Å². The second kappa shape index (κ2) is 26.6. The van der Waals surface area contributed by atoms with Crippen molar-refractivity contribution in [2.75, 3.05) is 0 Å². The van der Waals surface area contributed by atoms with Crippen LogP contribution in [0.1, 0.15) is 0 Å². The van der Waals surface area contributed by atoms with Gasteiger partial charge in [0.1, 0.15) is 0 Å². The first kappa shape index (κ1) is 23.9. The van der Waals surface area contributed by atoms with E-state index >= 15 is 0 Å². The standard InChI is InChI=1S/K.H2O2.2H2O.Sb/c;1-2;;;/h;1-2H;2*1H2;/q+1;;;;+1/p-3. The van der Waals surface area contributed by atoms with E-state index in [1.807, 2.05) is 0 Å². The molecule has 34 valence electrons. The molecule has 0 fully saturated rings. The van der Waals surface area contributed by atoms with Crippen LogP contribution < -0.4 is 51.4 Å². The maximum absolute atomic E-state index is 7.09. The topological polar surface area (TPSA) is 89.5 Å². The summed E-state index contributed by atoms with van der Waals surface area (Å²) in [6.07, 6.45) is 0. The summed E-state index contributed by atoms with van der Waals surface area (Å²) in [5, 5.41) is 7.09. The first-order valence-electron chi connectivity index (χ1n) is 0.365. The molecule has 0 aliphatic heterocycles. The third-order valence-corrected chi connectivity index (χ3v) is 0. The van der Waals surface area contributed by atoms with Crippen LogP contribution in [0.5, 0.6) is 0 Å². The van der Waals surface area contributed by atoms with Gasteiger partial charge in [0.05, 0.1) is 0 Å². The molecule has 4 nitrogen and oxygen atoms in total. The summed E-state index contributed by atoms with van der Waals surface area (Å²) in [4.78, 5) is 0. The molecule has 0 atom stereocenters. The van der Waals surface area contributed by atoms with Gasteiger partial charge in [-0.1, -0.05) is 0 Å². The van der Waals surface area contributed by atoms with E-state index in [9.17, 15) is 0 Å². The quantitative estimate of drug-likeness (QED) is 0.261. The van der Waals surface area contributed by atoms with E-state index in [1.54, 1.807) is 0 Å². The second-order valence-corrected chi connectivity index (χ2v) is 0.548. The first-order chi connectivity index (χ1) is 1.41. The molecule has 0 amide bonds. The molecule has 0 aliphatic carbocycles. The SMILES string of the molecule is O[O][Sb].[K+].[OH-].[OH-]. The van der Waals surface area contributed by atoms with Crippen molar-refractivity contribution in [2.45, 2.75) is 0 Å². The van der Waals surface area contributed by atoms with Gasteiger partial charge in [-0.3, -0.25) is 0 Å². The maximum atomic E-state index is 7.09. The van der Waals surface area contributed by atoms with Gasteiger partial charge in [-0.2, -0.15) is 0 Å². The fraction of sp³-hybridized carbons (Fsp3) is 0. The van der Waals surface area contributed by atoms with E-state index in [0.717, 1.165) is 23.4 Å². The van der Waals surface area contributed by atoms with Gasteiger partial charge >= 0.3 is 83.2 Å². The minimum atomic E-state index is 0. The van der Waals surface area contributed by atoms with Gasteiger partial charge in [0.25, 0.3) is 0 Å². The van der Waals surface area contributed by atoms with Crippen molar-refractivity contribution < 1.29 is 70.8 Å². The smallest absolute Gasteiger partial charge is 0.870 e. The number of hydrogen-bond donors (Lipinski definition) is 1. The Bertz CT molecular complexity index is 7.51. The molecule has 0 aromatic carbocycles. The van der Waals surface area contributed by atoms with Crippen molar-refractivity contribution >= 4 is 23.4 Å². The Morgan fingerprint density at radius 3 is 1.33 bits per heavy atom. The summed E-state index contributed by atoms with van der Waals surface area (Å²) in [7, 11) is 0. The van der Waals surface area contributed by atoms with Crippen LogP contribution >= 0.6 is 0 Å². The van der Waals surface area contributed by atoms with Crippen molar-refractivity contribution in [1.29, 1.82) is 0 Å². The van der Waals surface area contributed by atoms with Crippen LogP contribution in [-0.2, 0) is 3.17 Å². The minimum absolute atomic E-state index is 0. The molecule has 3 N–H and O–H groups in total. The van der Waals surface area contributed by atoms with Gasteiger partial charge < -0.3 is 11.0 Å². The Balaban J connectivity index is -0.00000000667. The zero-order chi connectivity index (χ0) is 2.71. The van der Waals surface area contributed by atoms with Gasteiger partial charge in [0.15, 0.2) is 0 Å². The Morgan fingerprint density at radius 1 is 1.33 bits per heavy atom. The molecule has 0 aliphatic rings. The molecule has 0 unspecified atom stereocenters. The Morgan fingerprint density at radius 2 is 1.33 bits per heavy atom. The minimum Gasteiger partial charge on any atom is -0.870 e. The van der Waals surface area contributed by atoms with E-state index in [-0.39, 0.29) is 62.3 Å². The van der Waals surface area contributed by atoms with E-state index in [4.69, 9.17) is 5.26 Å². The summed E-state index contributed by atoms with van der Waals surface area (Å²) in [5.74, 6) is 0. The van der Waals surface area contributed by atoms with E-state index in [0.29, 0.717) is 0 Å². The van der Waals surface area contributed by atoms with Gasteiger partial charge in [-0.15, -0.1) is 0 Å². The third-order valence-electron chi connectivity index (χ3n) is 0. The molecular weight excluding hydrogens is 225 g/mol. The average molecular weight is 228 g/mol. The molecule has 0 aromatic heterocycles. The molecule has 0 rings (SSSR count). The first-order valence-corrected chi connectivity index (χ1v) is 1.41. The van der Waals surface area contributed by atoms with E-state index in [2.05, 4.69) is 3.17 Å². The summed E-state index contributed by atoms with van der Waals surface area (Å²) in [6, 6.07) is 0. The second-order valence-electron chi connectivity index (χ2n) is 0.0816. The largest absolute Gasteiger partial charge is 1.00 e. The van der Waals surface area contributed by atoms with Crippen LogP contribution in [0.4, 0.5) is 0 Å². The van der Waals surface area contributed by atoms with Gasteiger partial charge in [0.2, 0.25) is 0 Å². The molecule has 6 heteroatoms. The Kier molecular flexibility index (Phi) is 106. The van der Waals surface area contributed by atoms with Gasteiger partial charge in [-0.25, -0.2) is 0 Å². The zero-order valence-electron chi connectivity index (χ0n) is 3.20. The van der Waals surface area contributed by atoms with Crippen molar-refractivity contribution in [3.63, 3.8) is 0 Å². The fourth-order valence-corrected chi connectivity index (χ4v) is 0. The van der Waals surface area contributed by atoms with Crippen molar-refractivity contribution in [3.05, 3.63) is 0 Å². The Labute approximate surface area is 92.3 Å². The Hall–Kier alpha value is 2.29. The van der Waals surface area contributed by atoms with E-state index < -0.39 is 0 Å². The third kappa shape index (κ3) is 33.5. The molecule has 0 saturated heterocycles. The normalized spacial score (nSPS) is 3.00. The zero-order valence-corrected chi connectivity index (χ0v) is 8.87. The summed E-state index contributed by atoms with van der Waals surface area (Å²) < 4.78 is 3.30. The predicted molar refractivity (Wildman–Crippen MR) is 13.3 cm³/mol. The molecule has 0 saturated carbocycles. The monoisotopic (exact) mass is 227 g/mol. The molecular formula is H3KO4Sb-. The van der Waals surface area contributed by atoms with Crippen LogP contribution in [-0.4, -0.2) is 39.7 Å². The van der Waals surface area contributed by atoms with Crippen molar-refractivity contribution in [3.8, 4) is 0 Å². The molecule has 0 bridgehead atoms. The van der Waals surface area contributed by atoms with Crippen LogP contribution in [0.25, 0.3) is 0 Å². The molecule has 0 aromatic rings. The van der Waals surface area contributed by atoms with Crippen LogP contribution in [0.3, 0.4) is 0 Å². The summed E-state index contributed by atoms with van der Waals surface area (Å²) in [5.41, 5.74) is 0. The van der Waals surface area contributed by atoms with Gasteiger partial charge in [-0.05, 0) is 0 Å². The predicted octanol–water partition coefficient (Wildman–Crippen LogP) is -3.79. The molecule has 0 heterocycles.